The molecule has 0 amide bonds. The second-order valence-electron chi connectivity index (χ2n) is 5.23. The molecular weight excluding hydrogens is 350 g/mol. The zero-order valence-corrected chi connectivity index (χ0v) is 14.4. The van der Waals surface area contributed by atoms with Crippen LogP contribution in [0.3, 0.4) is 0 Å². The molecule has 0 saturated carbocycles. The van der Waals surface area contributed by atoms with Crippen molar-refractivity contribution in [3.63, 3.8) is 0 Å². The molecule has 21 heavy (non-hydrogen) atoms. The number of thiophene rings is 1. The second-order valence-corrected chi connectivity index (χ2v) is 7.52. The zero-order chi connectivity index (χ0) is 15.4. The number of hydrogen-bond acceptors (Lipinski definition) is 3. The van der Waals surface area contributed by atoms with E-state index in [0.29, 0.717) is 0 Å². The number of aliphatic carboxylic acids is 1. The Morgan fingerprint density at radius 3 is 2.43 bits per heavy atom. The molecule has 0 aliphatic carbocycles. The Morgan fingerprint density at radius 2 is 1.90 bits per heavy atom. The van der Waals surface area contributed by atoms with E-state index < -0.39 is 11.9 Å². The van der Waals surface area contributed by atoms with E-state index in [9.17, 15) is 4.79 Å². The first-order valence-electron chi connectivity index (χ1n) is 6.69. The van der Waals surface area contributed by atoms with Crippen molar-refractivity contribution in [1.29, 1.82) is 0 Å². The van der Waals surface area contributed by atoms with E-state index in [4.69, 9.17) is 5.11 Å². The number of carboxylic acid groups (broad SMARTS) is 1. The van der Waals surface area contributed by atoms with E-state index in [1.807, 2.05) is 24.3 Å². The average Bonchev–Trinajstić information content (AvgIpc) is 2.83. The lowest BCUT2D eigenvalue weighted by molar-refractivity contribution is -0.138. The molecule has 0 spiro atoms. The van der Waals surface area contributed by atoms with Crippen LogP contribution in [0.5, 0.6) is 0 Å². The average molecular weight is 368 g/mol. The SMILES string of the molecule is CC(C(=O)O)c1ccc(CN(C)Cc2csc(Br)c2)cc1. The molecule has 112 valence electrons. The Morgan fingerprint density at radius 1 is 1.29 bits per heavy atom. The lowest BCUT2D eigenvalue weighted by Gasteiger charge is -2.16. The normalized spacial score (nSPS) is 12.6. The summed E-state index contributed by atoms with van der Waals surface area (Å²) in [6, 6.07) is 9.97. The van der Waals surface area contributed by atoms with Gasteiger partial charge in [0.25, 0.3) is 0 Å². The van der Waals surface area contributed by atoms with Gasteiger partial charge in [0.1, 0.15) is 0 Å². The third kappa shape index (κ3) is 4.66. The fourth-order valence-corrected chi connectivity index (χ4v) is 3.36. The summed E-state index contributed by atoms with van der Waals surface area (Å²) in [4.78, 5) is 13.2. The first-order chi connectivity index (χ1) is 9.95. The van der Waals surface area contributed by atoms with Gasteiger partial charge in [0.05, 0.1) is 9.70 Å². The van der Waals surface area contributed by atoms with Crippen molar-refractivity contribution in [2.24, 2.45) is 0 Å². The summed E-state index contributed by atoms with van der Waals surface area (Å²) >= 11 is 5.17. The van der Waals surface area contributed by atoms with Crippen LogP contribution in [-0.2, 0) is 17.9 Å². The van der Waals surface area contributed by atoms with Crippen LogP contribution in [0, 0.1) is 0 Å². The maximum absolute atomic E-state index is 11.0. The van der Waals surface area contributed by atoms with E-state index in [1.165, 1.54) is 11.1 Å². The smallest absolute Gasteiger partial charge is 0.310 e. The quantitative estimate of drug-likeness (QED) is 0.825. The molecule has 0 fully saturated rings. The molecule has 1 heterocycles. The third-order valence-corrected chi connectivity index (χ3v) is 4.93. The largest absolute Gasteiger partial charge is 0.481 e. The number of hydrogen-bond donors (Lipinski definition) is 1. The molecule has 0 aliphatic rings. The van der Waals surface area contributed by atoms with E-state index >= 15 is 0 Å². The Labute approximate surface area is 137 Å². The molecule has 1 aromatic carbocycles. The topological polar surface area (TPSA) is 40.5 Å². The van der Waals surface area contributed by atoms with Crippen LogP contribution in [0.15, 0.2) is 39.5 Å². The van der Waals surface area contributed by atoms with Crippen LogP contribution < -0.4 is 0 Å². The minimum absolute atomic E-state index is 0.458. The number of carbonyl (C=O) groups is 1. The van der Waals surface area contributed by atoms with Gasteiger partial charge in [0.15, 0.2) is 0 Å². The minimum atomic E-state index is -0.789. The summed E-state index contributed by atoms with van der Waals surface area (Å²) in [6.07, 6.45) is 0. The number of carboxylic acids is 1. The highest BCUT2D eigenvalue weighted by Crippen LogP contribution is 2.22. The van der Waals surface area contributed by atoms with Gasteiger partial charge < -0.3 is 5.11 Å². The molecule has 0 bridgehead atoms. The van der Waals surface area contributed by atoms with Gasteiger partial charge in [0, 0.05) is 13.1 Å². The monoisotopic (exact) mass is 367 g/mol. The molecule has 2 rings (SSSR count). The fraction of sp³-hybridized carbons (Fsp3) is 0.312. The van der Waals surface area contributed by atoms with Crippen molar-refractivity contribution in [1.82, 2.24) is 4.90 Å². The fourth-order valence-electron chi connectivity index (χ4n) is 2.16. The molecule has 5 heteroatoms. The van der Waals surface area contributed by atoms with Crippen molar-refractivity contribution < 1.29 is 9.90 Å². The number of rotatable bonds is 6. The van der Waals surface area contributed by atoms with E-state index in [1.54, 1.807) is 18.3 Å². The first kappa shape index (κ1) is 16.2. The maximum Gasteiger partial charge on any atom is 0.310 e. The predicted molar refractivity (Wildman–Crippen MR) is 89.7 cm³/mol. The van der Waals surface area contributed by atoms with Crippen LogP contribution in [0.1, 0.15) is 29.5 Å². The van der Waals surface area contributed by atoms with Crippen LogP contribution in [0.2, 0.25) is 0 Å². The van der Waals surface area contributed by atoms with Crippen molar-refractivity contribution in [2.75, 3.05) is 7.05 Å². The molecule has 0 radical (unpaired) electrons. The number of halogens is 1. The molecule has 0 aliphatic heterocycles. The summed E-state index contributed by atoms with van der Waals surface area (Å²) in [7, 11) is 2.08. The number of nitrogens with zero attached hydrogens (tertiary/aromatic N) is 1. The van der Waals surface area contributed by atoms with Crippen molar-refractivity contribution in [3.8, 4) is 0 Å². The van der Waals surface area contributed by atoms with Crippen molar-refractivity contribution in [3.05, 3.63) is 56.2 Å². The highest BCUT2D eigenvalue weighted by molar-refractivity contribution is 9.11. The summed E-state index contributed by atoms with van der Waals surface area (Å²) in [6.45, 7) is 3.45. The Kier molecular flexibility index (Phi) is 5.56. The molecule has 2 aromatic rings. The molecule has 1 unspecified atom stereocenters. The van der Waals surface area contributed by atoms with E-state index in [-0.39, 0.29) is 0 Å². The van der Waals surface area contributed by atoms with Crippen LogP contribution in [-0.4, -0.2) is 23.0 Å². The number of benzene rings is 1. The highest BCUT2D eigenvalue weighted by Gasteiger charge is 2.13. The lowest BCUT2D eigenvalue weighted by Crippen LogP contribution is -2.17. The maximum atomic E-state index is 11.0. The summed E-state index contributed by atoms with van der Waals surface area (Å²) < 4.78 is 1.15. The predicted octanol–water partition coefficient (Wildman–Crippen LogP) is 4.33. The molecule has 3 nitrogen and oxygen atoms in total. The second kappa shape index (κ2) is 7.20. The summed E-state index contributed by atoms with van der Waals surface area (Å²) in [5.74, 6) is -1.25. The Balaban J connectivity index is 1.95. The zero-order valence-electron chi connectivity index (χ0n) is 12.0. The van der Waals surface area contributed by atoms with Gasteiger partial charge in [-0.15, -0.1) is 11.3 Å². The molecule has 1 aromatic heterocycles. The van der Waals surface area contributed by atoms with Crippen LogP contribution in [0.4, 0.5) is 0 Å². The summed E-state index contributed by atoms with van der Waals surface area (Å²) in [5.41, 5.74) is 3.33. The molecule has 1 atom stereocenters. The van der Waals surface area contributed by atoms with Crippen molar-refractivity contribution >= 4 is 33.2 Å². The van der Waals surface area contributed by atoms with Gasteiger partial charge in [-0.1, -0.05) is 24.3 Å². The Bertz CT molecular complexity index is 609. The van der Waals surface area contributed by atoms with Crippen LogP contribution >= 0.6 is 27.3 Å². The molecular formula is C16H18BrNO2S. The van der Waals surface area contributed by atoms with Gasteiger partial charge in [-0.25, -0.2) is 0 Å². The highest BCUT2D eigenvalue weighted by atomic mass is 79.9. The minimum Gasteiger partial charge on any atom is -0.481 e. The van der Waals surface area contributed by atoms with Gasteiger partial charge in [-0.2, -0.15) is 0 Å². The first-order valence-corrected chi connectivity index (χ1v) is 8.36. The van der Waals surface area contributed by atoms with Crippen molar-refractivity contribution in [2.45, 2.75) is 25.9 Å². The molecule has 1 N–H and O–H groups in total. The lowest BCUT2D eigenvalue weighted by atomic mass is 10.00. The third-order valence-electron chi connectivity index (χ3n) is 3.38. The van der Waals surface area contributed by atoms with Crippen LogP contribution in [0.25, 0.3) is 0 Å². The van der Waals surface area contributed by atoms with E-state index in [0.717, 1.165) is 22.4 Å². The van der Waals surface area contributed by atoms with Gasteiger partial charge >= 0.3 is 5.97 Å². The van der Waals surface area contributed by atoms with Gasteiger partial charge in [-0.05, 0) is 58.0 Å². The standard InChI is InChI=1S/C16H18BrNO2S/c1-11(16(19)20)14-5-3-12(4-6-14)8-18(2)9-13-7-15(17)21-10-13/h3-7,10-11H,8-9H2,1-2H3,(H,19,20). The van der Waals surface area contributed by atoms with E-state index in [2.05, 4.69) is 39.3 Å². The van der Waals surface area contributed by atoms with Gasteiger partial charge in [0.2, 0.25) is 0 Å². The Hall–Kier alpha value is -1.17. The summed E-state index contributed by atoms with van der Waals surface area (Å²) in [5, 5.41) is 11.2. The van der Waals surface area contributed by atoms with Gasteiger partial charge in [-0.3, -0.25) is 9.69 Å². The molecule has 0 saturated heterocycles.